The van der Waals surface area contributed by atoms with E-state index in [2.05, 4.69) is 0 Å². The molecule has 1 unspecified atom stereocenters. The SMILES string of the molecule is CCC=C(C(F)=CCOCCCC1CCN(C(=O)OC(C)(C)C)CC1)S(C)=O. The zero-order valence-corrected chi connectivity index (χ0v) is 18.8. The highest BCUT2D eigenvalue weighted by atomic mass is 32.2. The maximum absolute atomic E-state index is 14.0. The van der Waals surface area contributed by atoms with Gasteiger partial charge in [-0.2, -0.15) is 0 Å². The molecule has 1 fully saturated rings. The summed E-state index contributed by atoms with van der Waals surface area (Å²) in [5.41, 5.74) is -0.460. The summed E-state index contributed by atoms with van der Waals surface area (Å²) < 4.78 is 36.4. The Morgan fingerprint density at radius 2 is 1.89 bits per heavy atom. The van der Waals surface area contributed by atoms with Gasteiger partial charge in [0.05, 0.1) is 22.3 Å². The topological polar surface area (TPSA) is 55.8 Å². The zero-order chi connectivity index (χ0) is 21.2. The minimum absolute atomic E-state index is 0.182. The largest absolute Gasteiger partial charge is 0.444 e. The first-order valence-electron chi connectivity index (χ1n) is 10.1. The molecule has 1 atom stereocenters. The van der Waals surface area contributed by atoms with Crippen LogP contribution in [0.5, 0.6) is 0 Å². The highest BCUT2D eigenvalue weighted by molar-refractivity contribution is 7.88. The maximum atomic E-state index is 14.0. The molecule has 0 aromatic carbocycles. The monoisotopic (exact) mass is 417 g/mol. The highest BCUT2D eigenvalue weighted by Gasteiger charge is 2.26. The molecule has 7 heteroatoms. The molecule has 0 aromatic rings. The second-order valence-corrected chi connectivity index (χ2v) is 9.46. The second kappa shape index (κ2) is 12.4. The Kier molecular flexibility index (Phi) is 11.0. The average molecular weight is 418 g/mol. The Balaban J connectivity index is 2.21. The average Bonchev–Trinajstić information content (AvgIpc) is 2.61. The van der Waals surface area contributed by atoms with Crippen molar-refractivity contribution in [3.05, 3.63) is 22.9 Å². The third-order valence-corrected chi connectivity index (χ3v) is 5.46. The quantitative estimate of drug-likeness (QED) is 0.393. The number of ether oxygens (including phenoxy) is 2. The van der Waals surface area contributed by atoms with Crippen molar-refractivity contribution in [1.29, 1.82) is 0 Å². The number of piperidine rings is 1. The van der Waals surface area contributed by atoms with Crippen molar-refractivity contribution in [2.75, 3.05) is 32.6 Å². The van der Waals surface area contributed by atoms with Crippen molar-refractivity contribution >= 4 is 16.9 Å². The van der Waals surface area contributed by atoms with Gasteiger partial charge in [0.15, 0.2) is 0 Å². The van der Waals surface area contributed by atoms with Crippen molar-refractivity contribution < 1.29 is 22.9 Å². The molecule has 162 valence electrons. The number of carbonyl (C=O) groups excluding carboxylic acids is 1. The van der Waals surface area contributed by atoms with Crippen LogP contribution in [0.1, 0.15) is 59.8 Å². The van der Waals surface area contributed by atoms with Crippen LogP contribution in [-0.4, -0.2) is 53.4 Å². The molecule has 0 spiro atoms. The number of carbonyl (C=O) groups is 1. The first-order valence-corrected chi connectivity index (χ1v) is 11.6. The van der Waals surface area contributed by atoms with Crippen LogP contribution in [0.25, 0.3) is 0 Å². The minimum atomic E-state index is -1.33. The molecule has 0 N–H and O–H groups in total. The summed E-state index contributed by atoms with van der Waals surface area (Å²) in [6.45, 7) is 9.72. The van der Waals surface area contributed by atoms with Crippen molar-refractivity contribution in [3.8, 4) is 0 Å². The van der Waals surface area contributed by atoms with Crippen molar-refractivity contribution in [1.82, 2.24) is 4.90 Å². The standard InChI is InChI=1S/C21H36FNO4S/c1-6-8-19(28(5)25)18(22)12-16-26-15-7-9-17-10-13-23(14-11-17)20(24)27-21(2,3)4/h8,12,17H,6-7,9-11,13-16H2,1-5H3. The Morgan fingerprint density at radius 3 is 2.43 bits per heavy atom. The molecule has 0 radical (unpaired) electrons. The normalized spacial score (nSPS) is 18.3. The van der Waals surface area contributed by atoms with Gasteiger partial charge in [0.25, 0.3) is 0 Å². The van der Waals surface area contributed by atoms with Gasteiger partial charge in [-0.1, -0.05) is 13.0 Å². The number of likely N-dealkylation sites (tertiary alicyclic amines) is 1. The van der Waals surface area contributed by atoms with Gasteiger partial charge in [0.2, 0.25) is 0 Å². The van der Waals surface area contributed by atoms with Gasteiger partial charge in [-0.05, 0) is 64.9 Å². The van der Waals surface area contributed by atoms with E-state index >= 15 is 0 Å². The molecule has 0 saturated carbocycles. The van der Waals surface area contributed by atoms with Crippen molar-refractivity contribution in [3.63, 3.8) is 0 Å². The lowest BCUT2D eigenvalue weighted by molar-refractivity contribution is 0.0177. The molecule has 1 rings (SSSR count). The van der Waals surface area contributed by atoms with Crippen molar-refractivity contribution in [2.24, 2.45) is 5.92 Å². The molecule has 0 aliphatic carbocycles. The van der Waals surface area contributed by atoms with Crippen LogP contribution < -0.4 is 0 Å². The van der Waals surface area contributed by atoms with Gasteiger partial charge in [0.1, 0.15) is 11.4 Å². The predicted octanol–water partition coefficient (Wildman–Crippen LogP) is 4.96. The summed E-state index contributed by atoms with van der Waals surface area (Å²) in [7, 11) is -1.33. The lowest BCUT2D eigenvalue weighted by Crippen LogP contribution is -2.41. The van der Waals surface area contributed by atoms with Crippen LogP contribution in [0.4, 0.5) is 9.18 Å². The number of amides is 1. The van der Waals surface area contributed by atoms with Gasteiger partial charge in [0, 0.05) is 26.0 Å². The zero-order valence-electron chi connectivity index (χ0n) is 18.0. The molecule has 5 nitrogen and oxygen atoms in total. The second-order valence-electron chi connectivity index (χ2n) is 8.11. The molecule has 0 bridgehead atoms. The highest BCUT2D eigenvalue weighted by Crippen LogP contribution is 2.23. The third-order valence-electron chi connectivity index (χ3n) is 4.48. The van der Waals surface area contributed by atoms with E-state index in [4.69, 9.17) is 9.47 Å². The summed E-state index contributed by atoms with van der Waals surface area (Å²) in [5.74, 6) is 0.119. The van der Waals surface area contributed by atoms with E-state index < -0.39 is 22.2 Å². The lowest BCUT2D eigenvalue weighted by Gasteiger charge is -2.33. The van der Waals surface area contributed by atoms with Gasteiger partial charge in [-0.15, -0.1) is 0 Å². The van der Waals surface area contributed by atoms with Crippen LogP contribution in [0.2, 0.25) is 0 Å². The van der Waals surface area contributed by atoms with E-state index in [-0.39, 0.29) is 17.6 Å². The molecule has 1 aliphatic heterocycles. The van der Waals surface area contributed by atoms with Crippen LogP contribution >= 0.6 is 0 Å². The summed E-state index contributed by atoms with van der Waals surface area (Å²) in [5, 5.41) is 0. The number of halogens is 1. The molecule has 1 amide bonds. The molecule has 1 saturated heterocycles. The third kappa shape index (κ3) is 9.82. The number of hydrogen-bond acceptors (Lipinski definition) is 4. The fourth-order valence-corrected chi connectivity index (χ4v) is 3.82. The van der Waals surface area contributed by atoms with Crippen LogP contribution in [-0.2, 0) is 20.3 Å². The van der Waals surface area contributed by atoms with Gasteiger partial charge in [-0.3, -0.25) is 4.21 Å². The van der Waals surface area contributed by atoms with E-state index in [1.54, 1.807) is 11.0 Å². The molecular formula is C21H36FNO4S. The number of allylic oxidation sites excluding steroid dienone is 2. The summed E-state index contributed by atoms with van der Waals surface area (Å²) in [6, 6.07) is 0. The van der Waals surface area contributed by atoms with E-state index in [1.165, 1.54) is 12.3 Å². The lowest BCUT2D eigenvalue weighted by atomic mass is 9.92. The molecule has 1 aliphatic rings. The van der Waals surface area contributed by atoms with Gasteiger partial charge < -0.3 is 14.4 Å². The molecule has 0 aromatic heterocycles. The minimum Gasteiger partial charge on any atom is -0.444 e. The van der Waals surface area contributed by atoms with Crippen LogP contribution in [0.3, 0.4) is 0 Å². The van der Waals surface area contributed by atoms with Crippen LogP contribution in [0.15, 0.2) is 22.9 Å². The Morgan fingerprint density at radius 1 is 1.25 bits per heavy atom. The fraction of sp³-hybridized carbons (Fsp3) is 0.762. The Labute approximate surface area is 171 Å². The van der Waals surface area contributed by atoms with E-state index in [0.717, 1.165) is 38.8 Å². The number of nitrogens with zero attached hydrogens (tertiary/aromatic N) is 1. The van der Waals surface area contributed by atoms with E-state index in [0.29, 0.717) is 18.9 Å². The first kappa shape index (κ1) is 24.8. The molecular weight excluding hydrogens is 381 g/mol. The smallest absolute Gasteiger partial charge is 0.410 e. The maximum Gasteiger partial charge on any atom is 0.410 e. The molecule has 28 heavy (non-hydrogen) atoms. The summed E-state index contributed by atoms with van der Waals surface area (Å²) >= 11 is 0. The van der Waals surface area contributed by atoms with Gasteiger partial charge >= 0.3 is 6.09 Å². The van der Waals surface area contributed by atoms with E-state index in [9.17, 15) is 13.4 Å². The van der Waals surface area contributed by atoms with Crippen molar-refractivity contribution in [2.45, 2.75) is 65.4 Å². The first-order chi connectivity index (χ1) is 13.1. The Bertz CT molecular complexity index is 575. The fourth-order valence-electron chi connectivity index (χ4n) is 3.06. The summed E-state index contributed by atoms with van der Waals surface area (Å²) in [6.07, 6.45) is 8.77. The van der Waals surface area contributed by atoms with Crippen LogP contribution in [0, 0.1) is 5.92 Å². The number of rotatable bonds is 9. The van der Waals surface area contributed by atoms with E-state index in [1.807, 2.05) is 27.7 Å². The molecule has 1 heterocycles. The predicted molar refractivity (Wildman–Crippen MR) is 112 cm³/mol. The summed E-state index contributed by atoms with van der Waals surface area (Å²) in [4.78, 5) is 14.1. The Hall–Kier alpha value is -1.21. The van der Waals surface area contributed by atoms with Gasteiger partial charge in [-0.25, -0.2) is 9.18 Å². The number of hydrogen-bond donors (Lipinski definition) is 0.